The van der Waals surface area contributed by atoms with Gasteiger partial charge in [-0.3, -0.25) is 4.90 Å². The second-order valence-electron chi connectivity index (χ2n) is 4.23. The smallest absolute Gasteiger partial charge is 0.0195 e. The summed E-state index contributed by atoms with van der Waals surface area (Å²) in [7, 11) is 4.25. The average Bonchev–Trinajstić information content (AvgIpc) is 2.16. The van der Waals surface area contributed by atoms with Crippen molar-refractivity contribution in [3.63, 3.8) is 0 Å². The molecule has 0 aromatic carbocycles. The minimum atomic E-state index is 0.621. The fourth-order valence-electron chi connectivity index (χ4n) is 1.76. The highest BCUT2D eigenvalue weighted by molar-refractivity contribution is 4.72. The molecule has 0 amide bonds. The van der Waals surface area contributed by atoms with E-state index in [1.54, 1.807) is 0 Å². The topological polar surface area (TPSA) is 18.5 Å². The van der Waals surface area contributed by atoms with E-state index in [-0.39, 0.29) is 0 Å². The van der Waals surface area contributed by atoms with Crippen LogP contribution in [0.2, 0.25) is 0 Å². The highest BCUT2D eigenvalue weighted by Crippen LogP contribution is 1.98. The molecule has 1 N–H and O–H groups in total. The summed E-state index contributed by atoms with van der Waals surface area (Å²) in [6.07, 6.45) is 1.90. The summed E-state index contributed by atoms with van der Waals surface area (Å²) in [4.78, 5) is 4.74. The molecule has 0 aromatic heterocycles. The Bertz CT molecular complexity index is 157. The molecule has 1 atom stereocenters. The number of nitrogens with one attached hydrogen (secondary N) is 1. The number of hydrogen-bond acceptors (Lipinski definition) is 3. The van der Waals surface area contributed by atoms with E-state index in [1.165, 1.54) is 0 Å². The minimum Gasteiger partial charge on any atom is -0.312 e. The maximum absolute atomic E-state index is 3.69. The standard InChI is InChI=1S/C12H27N3/c1-6-8-13-9-10-15(7-2)12(3)11-14(4)5/h6,12-13H,1,7-11H2,2-5H3. The lowest BCUT2D eigenvalue weighted by molar-refractivity contribution is 0.183. The number of likely N-dealkylation sites (N-methyl/N-ethyl adjacent to an activating group) is 2. The predicted molar refractivity (Wildman–Crippen MR) is 68.3 cm³/mol. The minimum absolute atomic E-state index is 0.621. The number of nitrogens with zero attached hydrogens (tertiary/aromatic N) is 2. The Kier molecular flexibility index (Phi) is 8.67. The third-order valence-corrected chi connectivity index (χ3v) is 2.52. The van der Waals surface area contributed by atoms with Gasteiger partial charge in [0.25, 0.3) is 0 Å². The van der Waals surface area contributed by atoms with Crippen molar-refractivity contribution in [2.24, 2.45) is 0 Å². The molecule has 0 aromatic rings. The van der Waals surface area contributed by atoms with E-state index >= 15 is 0 Å². The predicted octanol–water partition coefficient (Wildman–Crippen LogP) is 1.03. The Balaban J connectivity index is 3.74. The summed E-state index contributed by atoms with van der Waals surface area (Å²) in [5.41, 5.74) is 0. The lowest BCUT2D eigenvalue weighted by atomic mass is 10.2. The van der Waals surface area contributed by atoms with Gasteiger partial charge in [-0.25, -0.2) is 0 Å². The van der Waals surface area contributed by atoms with Gasteiger partial charge in [0, 0.05) is 32.2 Å². The molecule has 0 saturated carbocycles. The van der Waals surface area contributed by atoms with E-state index in [2.05, 4.69) is 49.6 Å². The third kappa shape index (κ3) is 7.54. The van der Waals surface area contributed by atoms with Crippen molar-refractivity contribution in [3.05, 3.63) is 12.7 Å². The molecule has 0 saturated heterocycles. The first-order valence-corrected chi connectivity index (χ1v) is 5.82. The van der Waals surface area contributed by atoms with Crippen LogP contribution in [0.3, 0.4) is 0 Å². The molecule has 3 heteroatoms. The first-order chi connectivity index (χ1) is 7.11. The van der Waals surface area contributed by atoms with Crippen molar-refractivity contribution in [2.45, 2.75) is 19.9 Å². The SMILES string of the molecule is C=CCNCCN(CC)C(C)CN(C)C. The monoisotopic (exact) mass is 213 g/mol. The van der Waals surface area contributed by atoms with Crippen LogP contribution >= 0.6 is 0 Å². The summed E-state index contributed by atoms with van der Waals surface area (Å²) in [6, 6.07) is 0.621. The summed E-state index contributed by atoms with van der Waals surface area (Å²) in [5.74, 6) is 0. The summed E-state index contributed by atoms with van der Waals surface area (Å²) >= 11 is 0. The molecular weight excluding hydrogens is 186 g/mol. The molecule has 90 valence electrons. The molecule has 0 spiro atoms. The molecule has 0 aliphatic heterocycles. The Morgan fingerprint density at radius 3 is 2.53 bits per heavy atom. The van der Waals surface area contributed by atoms with Crippen molar-refractivity contribution in [2.75, 3.05) is 46.8 Å². The van der Waals surface area contributed by atoms with E-state index in [0.717, 1.165) is 32.7 Å². The van der Waals surface area contributed by atoms with Crippen molar-refractivity contribution in [1.82, 2.24) is 15.1 Å². The largest absolute Gasteiger partial charge is 0.312 e. The van der Waals surface area contributed by atoms with Gasteiger partial charge in [-0.15, -0.1) is 6.58 Å². The van der Waals surface area contributed by atoms with Gasteiger partial charge in [-0.2, -0.15) is 0 Å². The van der Waals surface area contributed by atoms with E-state index in [1.807, 2.05) is 6.08 Å². The van der Waals surface area contributed by atoms with Crippen LogP contribution in [0.1, 0.15) is 13.8 Å². The molecule has 3 nitrogen and oxygen atoms in total. The first kappa shape index (κ1) is 14.6. The molecule has 0 bridgehead atoms. The molecule has 0 radical (unpaired) electrons. The van der Waals surface area contributed by atoms with Gasteiger partial charge in [-0.05, 0) is 27.6 Å². The highest BCUT2D eigenvalue weighted by atomic mass is 15.2. The van der Waals surface area contributed by atoms with E-state index < -0.39 is 0 Å². The molecular formula is C12H27N3. The first-order valence-electron chi connectivity index (χ1n) is 5.82. The van der Waals surface area contributed by atoms with Crippen LogP contribution in [-0.2, 0) is 0 Å². The average molecular weight is 213 g/mol. The van der Waals surface area contributed by atoms with Crippen LogP contribution in [0.25, 0.3) is 0 Å². The lowest BCUT2D eigenvalue weighted by Crippen LogP contribution is -2.43. The van der Waals surface area contributed by atoms with Crippen molar-refractivity contribution < 1.29 is 0 Å². The van der Waals surface area contributed by atoms with Gasteiger partial charge >= 0.3 is 0 Å². The Labute approximate surface area is 95.1 Å². The number of rotatable bonds is 9. The van der Waals surface area contributed by atoms with Gasteiger partial charge in [0.2, 0.25) is 0 Å². The Morgan fingerprint density at radius 1 is 1.40 bits per heavy atom. The second kappa shape index (κ2) is 8.89. The highest BCUT2D eigenvalue weighted by Gasteiger charge is 2.11. The van der Waals surface area contributed by atoms with Crippen molar-refractivity contribution >= 4 is 0 Å². The lowest BCUT2D eigenvalue weighted by Gasteiger charge is -2.29. The second-order valence-corrected chi connectivity index (χ2v) is 4.23. The summed E-state index contributed by atoms with van der Waals surface area (Å²) in [5, 5.41) is 3.33. The van der Waals surface area contributed by atoms with Gasteiger partial charge < -0.3 is 10.2 Å². The maximum Gasteiger partial charge on any atom is 0.0195 e. The maximum atomic E-state index is 3.69. The summed E-state index contributed by atoms with van der Waals surface area (Å²) < 4.78 is 0. The zero-order chi connectivity index (χ0) is 11.7. The fraction of sp³-hybridized carbons (Fsp3) is 0.833. The van der Waals surface area contributed by atoms with Crippen molar-refractivity contribution in [3.8, 4) is 0 Å². The van der Waals surface area contributed by atoms with E-state index in [4.69, 9.17) is 0 Å². The normalized spacial score (nSPS) is 13.5. The Morgan fingerprint density at radius 2 is 2.07 bits per heavy atom. The molecule has 1 unspecified atom stereocenters. The van der Waals surface area contributed by atoms with Crippen LogP contribution in [0.4, 0.5) is 0 Å². The molecule has 15 heavy (non-hydrogen) atoms. The van der Waals surface area contributed by atoms with Crippen LogP contribution in [0.5, 0.6) is 0 Å². The molecule has 0 aliphatic rings. The zero-order valence-electron chi connectivity index (χ0n) is 10.8. The number of hydrogen-bond donors (Lipinski definition) is 1. The van der Waals surface area contributed by atoms with Crippen LogP contribution < -0.4 is 5.32 Å². The van der Waals surface area contributed by atoms with Crippen LogP contribution in [0.15, 0.2) is 12.7 Å². The van der Waals surface area contributed by atoms with Gasteiger partial charge in [0.15, 0.2) is 0 Å². The van der Waals surface area contributed by atoms with E-state index in [9.17, 15) is 0 Å². The van der Waals surface area contributed by atoms with E-state index in [0.29, 0.717) is 6.04 Å². The molecule has 0 rings (SSSR count). The van der Waals surface area contributed by atoms with Gasteiger partial charge in [-0.1, -0.05) is 13.0 Å². The molecule has 0 heterocycles. The zero-order valence-corrected chi connectivity index (χ0v) is 10.8. The van der Waals surface area contributed by atoms with Crippen LogP contribution in [-0.4, -0.2) is 62.7 Å². The third-order valence-electron chi connectivity index (χ3n) is 2.52. The quantitative estimate of drug-likeness (QED) is 0.456. The van der Waals surface area contributed by atoms with Crippen LogP contribution in [0, 0.1) is 0 Å². The molecule has 0 aliphatic carbocycles. The van der Waals surface area contributed by atoms with Gasteiger partial charge in [0.1, 0.15) is 0 Å². The fourth-order valence-corrected chi connectivity index (χ4v) is 1.76. The Hall–Kier alpha value is -0.380. The summed E-state index contributed by atoms with van der Waals surface area (Å²) in [6.45, 7) is 13.5. The van der Waals surface area contributed by atoms with Crippen molar-refractivity contribution in [1.29, 1.82) is 0 Å². The molecule has 0 fully saturated rings. The van der Waals surface area contributed by atoms with Gasteiger partial charge in [0.05, 0.1) is 0 Å².